The molecule has 1 atom stereocenters. The fraction of sp³-hybridized carbons (Fsp3) is 0.417. The summed E-state index contributed by atoms with van der Waals surface area (Å²) in [4.78, 5) is 11.0. The maximum Gasteiger partial charge on any atom is 0.417 e. The molecule has 0 saturated carbocycles. The molecule has 1 rings (SSSR count). The number of carbonyl (C=O) groups is 1. The van der Waals surface area contributed by atoms with E-state index in [4.69, 9.17) is 11.6 Å². The molecule has 5 heteroatoms. The highest BCUT2D eigenvalue weighted by atomic mass is 35.5. The van der Waals surface area contributed by atoms with Crippen LogP contribution in [-0.2, 0) is 17.4 Å². The van der Waals surface area contributed by atoms with Gasteiger partial charge < -0.3 is 0 Å². The summed E-state index contributed by atoms with van der Waals surface area (Å²) >= 11 is 5.49. The second-order valence-electron chi connectivity index (χ2n) is 4.03. The number of benzene rings is 1. The number of halogens is 4. The number of alkyl halides is 3. The minimum atomic E-state index is -4.47. The molecule has 0 N–H and O–H groups in total. The van der Waals surface area contributed by atoms with E-state index in [-0.39, 0.29) is 23.1 Å². The Balaban J connectivity index is 3.01. The molecule has 1 aromatic rings. The third-order valence-electron chi connectivity index (χ3n) is 2.57. The predicted molar refractivity (Wildman–Crippen MR) is 60.0 cm³/mol. The van der Waals surface area contributed by atoms with E-state index in [1.54, 1.807) is 6.92 Å². The maximum absolute atomic E-state index is 12.6. The molecule has 0 aliphatic rings. The van der Waals surface area contributed by atoms with Gasteiger partial charge in [0.25, 0.3) is 0 Å². The Bertz CT molecular complexity index is 426. The van der Waals surface area contributed by atoms with Crippen molar-refractivity contribution in [2.24, 2.45) is 5.92 Å². The summed E-state index contributed by atoms with van der Waals surface area (Å²) in [5.41, 5.74) is -0.392. The minimum Gasteiger partial charge on any atom is -0.300 e. The number of Topliss-reactive ketones (excluding diaryl/α,β-unsaturated/α-hetero) is 1. The molecule has 0 aliphatic heterocycles. The van der Waals surface area contributed by atoms with Crippen molar-refractivity contribution in [2.45, 2.75) is 26.4 Å². The van der Waals surface area contributed by atoms with E-state index >= 15 is 0 Å². The van der Waals surface area contributed by atoms with Crippen molar-refractivity contribution in [1.82, 2.24) is 0 Å². The van der Waals surface area contributed by atoms with Gasteiger partial charge >= 0.3 is 6.18 Å². The first-order chi connectivity index (χ1) is 7.71. The van der Waals surface area contributed by atoms with Crippen molar-refractivity contribution < 1.29 is 18.0 Å². The number of carbonyl (C=O) groups excluding carboxylic acids is 1. The summed E-state index contributed by atoms with van der Waals surface area (Å²) < 4.78 is 37.7. The van der Waals surface area contributed by atoms with Crippen molar-refractivity contribution >= 4 is 17.4 Å². The van der Waals surface area contributed by atoms with Crippen LogP contribution < -0.4 is 0 Å². The highest BCUT2D eigenvalue weighted by molar-refractivity contribution is 6.31. The molecule has 1 aromatic carbocycles. The van der Waals surface area contributed by atoms with Gasteiger partial charge in [-0.25, -0.2) is 0 Å². The van der Waals surface area contributed by atoms with Gasteiger partial charge in [-0.3, -0.25) is 4.79 Å². The Morgan fingerprint density at radius 2 is 2.00 bits per heavy atom. The zero-order valence-electron chi connectivity index (χ0n) is 9.44. The van der Waals surface area contributed by atoms with Crippen LogP contribution in [0.15, 0.2) is 18.2 Å². The van der Waals surface area contributed by atoms with E-state index in [2.05, 4.69) is 0 Å². The van der Waals surface area contributed by atoms with Crippen LogP contribution in [0, 0.1) is 5.92 Å². The van der Waals surface area contributed by atoms with Gasteiger partial charge in [0.2, 0.25) is 0 Å². The molecule has 0 heterocycles. The molecule has 1 unspecified atom stereocenters. The smallest absolute Gasteiger partial charge is 0.300 e. The van der Waals surface area contributed by atoms with Gasteiger partial charge in [-0.1, -0.05) is 24.6 Å². The van der Waals surface area contributed by atoms with Crippen LogP contribution in [0.25, 0.3) is 0 Å². The largest absolute Gasteiger partial charge is 0.417 e. The molecular formula is C12H12ClF3O. The Morgan fingerprint density at radius 1 is 1.41 bits per heavy atom. The van der Waals surface area contributed by atoms with Gasteiger partial charge in [-0.15, -0.1) is 0 Å². The molecule has 94 valence electrons. The lowest BCUT2D eigenvalue weighted by Gasteiger charge is -2.12. The third-order valence-corrected chi connectivity index (χ3v) is 2.90. The molecule has 0 radical (unpaired) electrons. The summed E-state index contributed by atoms with van der Waals surface area (Å²) in [5, 5.41) is -0.322. The maximum atomic E-state index is 12.6. The van der Waals surface area contributed by atoms with Gasteiger partial charge in [-0.2, -0.15) is 13.2 Å². The first-order valence-electron chi connectivity index (χ1n) is 5.08. The van der Waals surface area contributed by atoms with E-state index in [0.29, 0.717) is 5.56 Å². The van der Waals surface area contributed by atoms with Gasteiger partial charge in [0.15, 0.2) is 0 Å². The van der Waals surface area contributed by atoms with Gasteiger partial charge in [0.05, 0.1) is 10.6 Å². The third kappa shape index (κ3) is 3.73. The zero-order chi connectivity index (χ0) is 13.2. The topological polar surface area (TPSA) is 17.1 Å². The minimum absolute atomic E-state index is 0.0477. The summed E-state index contributed by atoms with van der Waals surface area (Å²) in [6, 6.07) is 3.73. The summed E-state index contributed by atoms with van der Waals surface area (Å²) in [7, 11) is 0. The molecular weight excluding hydrogens is 253 g/mol. The van der Waals surface area contributed by atoms with E-state index in [1.807, 2.05) is 0 Å². The van der Waals surface area contributed by atoms with Crippen LogP contribution in [-0.4, -0.2) is 5.78 Å². The van der Waals surface area contributed by atoms with Crippen molar-refractivity contribution in [3.63, 3.8) is 0 Å². The van der Waals surface area contributed by atoms with Gasteiger partial charge in [0, 0.05) is 5.92 Å². The highest BCUT2D eigenvalue weighted by Crippen LogP contribution is 2.35. The number of rotatable bonds is 3. The molecule has 0 amide bonds. The standard InChI is InChI=1S/C12H12ClF3O/c1-7(8(2)17)5-9-3-4-11(13)10(6-9)12(14,15)16/h3-4,6-7H,5H2,1-2H3. The molecule has 0 spiro atoms. The molecule has 17 heavy (non-hydrogen) atoms. The number of hydrogen-bond donors (Lipinski definition) is 0. The molecule has 0 bridgehead atoms. The van der Waals surface area contributed by atoms with Crippen LogP contribution >= 0.6 is 11.6 Å². The Kier molecular flexibility index (Phi) is 4.20. The lowest BCUT2D eigenvalue weighted by Crippen LogP contribution is -2.11. The van der Waals surface area contributed by atoms with E-state index in [9.17, 15) is 18.0 Å². The average Bonchev–Trinajstić information content (AvgIpc) is 2.19. The monoisotopic (exact) mass is 264 g/mol. The quantitative estimate of drug-likeness (QED) is 0.802. The van der Waals surface area contributed by atoms with E-state index in [1.165, 1.54) is 19.1 Å². The molecule has 0 fully saturated rings. The Morgan fingerprint density at radius 3 is 2.47 bits per heavy atom. The first-order valence-corrected chi connectivity index (χ1v) is 5.45. The summed E-state index contributed by atoms with van der Waals surface area (Å²) in [6.07, 6.45) is -4.18. The number of hydrogen-bond acceptors (Lipinski definition) is 1. The Hall–Kier alpha value is -1.03. The molecule has 0 saturated heterocycles. The van der Waals surface area contributed by atoms with Crippen LogP contribution in [0.4, 0.5) is 13.2 Å². The van der Waals surface area contributed by atoms with Crippen LogP contribution in [0.3, 0.4) is 0 Å². The van der Waals surface area contributed by atoms with Crippen molar-refractivity contribution in [1.29, 1.82) is 0 Å². The van der Waals surface area contributed by atoms with Gasteiger partial charge in [-0.05, 0) is 31.0 Å². The second-order valence-corrected chi connectivity index (χ2v) is 4.43. The zero-order valence-corrected chi connectivity index (χ0v) is 10.2. The summed E-state index contributed by atoms with van der Waals surface area (Å²) in [6.45, 7) is 3.11. The highest BCUT2D eigenvalue weighted by Gasteiger charge is 2.33. The van der Waals surface area contributed by atoms with E-state index in [0.717, 1.165) is 6.07 Å². The normalized spacial score (nSPS) is 13.5. The molecule has 0 aromatic heterocycles. The van der Waals surface area contributed by atoms with Crippen molar-refractivity contribution in [3.8, 4) is 0 Å². The van der Waals surface area contributed by atoms with Crippen LogP contribution in [0.2, 0.25) is 5.02 Å². The van der Waals surface area contributed by atoms with Crippen molar-refractivity contribution in [3.05, 3.63) is 34.3 Å². The fourth-order valence-corrected chi connectivity index (χ4v) is 1.64. The fourth-order valence-electron chi connectivity index (χ4n) is 1.41. The summed E-state index contributed by atoms with van der Waals surface area (Å²) in [5.74, 6) is -0.342. The average molecular weight is 265 g/mol. The van der Waals surface area contributed by atoms with E-state index < -0.39 is 11.7 Å². The predicted octanol–water partition coefficient (Wildman–Crippen LogP) is 4.13. The van der Waals surface area contributed by atoms with Crippen molar-refractivity contribution in [2.75, 3.05) is 0 Å². The molecule has 1 nitrogen and oxygen atoms in total. The first kappa shape index (κ1) is 14.0. The number of ketones is 1. The lowest BCUT2D eigenvalue weighted by molar-refractivity contribution is -0.137. The van der Waals surface area contributed by atoms with Crippen LogP contribution in [0.5, 0.6) is 0 Å². The second kappa shape index (κ2) is 5.08. The SMILES string of the molecule is CC(=O)C(C)Cc1ccc(Cl)c(C(F)(F)F)c1. The lowest BCUT2D eigenvalue weighted by atomic mass is 9.96. The molecule has 0 aliphatic carbocycles. The van der Waals surface area contributed by atoms with Crippen LogP contribution in [0.1, 0.15) is 25.0 Å². The van der Waals surface area contributed by atoms with Gasteiger partial charge in [0.1, 0.15) is 5.78 Å². The Labute approximate surface area is 103 Å².